The Hall–Kier alpha value is -4.46. The lowest BCUT2D eigenvalue weighted by Crippen LogP contribution is -2.08. The van der Waals surface area contributed by atoms with Crippen LogP contribution in [0.5, 0.6) is 0 Å². The fourth-order valence-corrected chi connectivity index (χ4v) is 3.25. The van der Waals surface area contributed by atoms with Crippen LogP contribution < -0.4 is 15.5 Å². The summed E-state index contributed by atoms with van der Waals surface area (Å²) in [4.78, 5) is 21.5. The highest BCUT2D eigenvalue weighted by Crippen LogP contribution is 2.31. The van der Waals surface area contributed by atoms with E-state index in [0.717, 1.165) is 28.3 Å². The van der Waals surface area contributed by atoms with Gasteiger partial charge in [0, 0.05) is 60.6 Å². The lowest BCUT2D eigenvalue weighted by atomic mass is 10.1. The van der Waals surface area contributed by atoms with Crippen molar-refractivity contribution in [3.8, 4) is 11.3 Å². The molecule has 1 heterocycles. The molecule has 4 aromatic rings. The van der Waals surface area contributed by atoms with Crippen molar-refractivity contribution in [3.63, 3.8) is 0 Å². The Morgan fingerprint density at radius 2 is 1.59 bits per heavy atom. The van der Waals surface area contributed by atoms with Gasteiger partial charge >= 0.3 is 0 Å². The second-order valence-corrected chi connectivity index (χ2v) is 7.34. The summed E-state index contributed by atoms with van der Waals surface area (Å²) in [6, 6.07) is 24.0. The van der Waals surface area contributed by atoms with E-state index in [4.69, 9.17) is 0 Å². The van der Waals surface area contributed by atoms with E-state index in [0.29, 0.717) is 11.5 Å². The van der Waals surface area contributed by atoms with E-state index in [1.54, 1.807) is 12.1 Å². The van der Waals surface area contributed by atoms with Crippen LogP contribution in [-0.4, -0.2) is 29.0 Å². The Morgan fingerprint density at radius 3 is 2.38 bits per heavy atom. The van der Waals surface area contributed by atoms with Crippen LogP contribution in [0.2, 0.25) is 0 Å². The van der Waals surface area contributed by atoms with Crippen LogP contribution in [0.15, 0.2) is 85.2 Å². The molecule has 0 saturated heterocycles. The molecule has 0 fully saturated rings. The molecule has 2 N–H and O–H groups in total. The molecule has 0 radical (unpaired) electrons. The number of non-ortho nitro benzene ring substituents is 1. The molecule has 0 amide bonds. The minimum atomic E-state index is -0.412. The number of hydrogen-bond acceptors (Lipinski definition) is 7. The van der Waals surface area contributed by atoms with Gasteiger partial charge in [0.15, 0.2) is 0 Å². The molecule has 160 valence electrons. The molecule has 1 aromatic heterocycles. The van der Waals surface area contributed by atoms with Crippen molar-refractivity contribution in [2.24, 2.45) is 0 Å². The Labute approximate surface area is 185 Å². The third kappa shape index (κ3) is 4.81. The number of nitro benzene ring substituents is 1. The van der Waals surface area contributed by atoms with Gasteiger partial charge in [0.05, 0.1) is 10.6 Å². The summed E-state index contributed by atoms with van der Waals surface area (Å²) in [5.41, 5.74) is 5.01. The number of rotatable bonds is 7. The third-order valence-corrected chi connectivity index (χ3v) is 4.84. The number of benzene rings is 3. The summed E-state index contributed by atoms with van der Waals surface area (Å²) in [7, 11) is 3.99. The van der Waals surface area contributed by atoms with E-state index in [2.05, 4.69) is 20.6 Å². The number of nitro groups is 1. The summed E-state index contributed by atoms with van der Waals surface area (Å²) in [5.74, 6) is 0.663. The standard InChI is InChI=1S/C24H22N6O2/c1-29(2)19-9-5-8-18(13-19)28-24-15-23(25-16-26-24)21-11-3-4-12-22(21)27-17-7-6-10-20(14-17)30(31)32/h3-16,27H,1-2H3,(H,25,26,28). The van der Waals surface area contributed by atoms with Crippen LogP contribution in [0.4, 0.5) is 34.3 Å². The van der Waals surface area contributed by atoms with E-state index < -0.39 is 4.92 Å². The van der Waals surface area contributed by atoms with Gasteiger partial charge in [-0.25, -0.2) is 9.97 Å². The molecule has 0 atom stereocenters. The summed E-state index contributed by atoms with van der Waals surface area (Å²) >= 11 is 0. The van der Waals surface area contributed by atoms with E-state index in [-0.39, 0.29) is 5.69 Å². The molecular formula is C24H22N6O2. The molecule has 8 heteroatoms. The van der Waals surface area contributed by atoms with E-state index >= 15 is 0 Å². The first-order valence-electron chi connectivity index (χ1n) is 9.97. The number of nitrogens with zero attached hydrogens (tertiary/aromatic N) is 4. The first kappa shape index (κ1) is 20.8. The van der Waals surface area contributed by atoms with Gasteiger partial charge in [-0.1, -0.05) is 30.3 Å². The van der Waals surface area contributed by atoms with Crippen LogP contribution in [0, 0.1) is 10.1 Å². The fourth-order valence-electron chi connectivity index (χ4n) is 3.25. The second-order valence-electron chi connectivity index (χ2n) is 7.34. The fraction of sp³-hybridized carbons (Fsp3) is 0.0833. The molecular weight excluding hydrogens is 404 g/mol. The predicted molar refractivity (Wildman–Crippen MR) is 128 cm³/mol. The van der Waals surface area contributed by atoms with E-state index in [1.807, 2.05) is 73.6 Å². The highest BCUT2D eigenvalue weighted by Gasteiger charge is 2.11. The lowest BCUT2D eigenvalue weighted by Gasteiger charge is -2.15. The van der Waals surface area contributed by atoms with Crippen LogP contribution in [0.1, 0.15) is 0 Å². The molecule has 0 bridgehead atoms. The highest BCUT2D eigenvalue weighted by atomic mass is 16.6. The summed E-state index contributed by atoms with van der Waals surface area (Å²) in [6.07, 6.45) is 1.51. The van der Waals surface area contributed by atoms with Crippen LogP contribution >= 0.6 is 0 Å². The molecule has 0 unspecified atom stereocenters. The molecule has 0 aliphatic heterocycles. The molecule has 0 aliphatic carbocycles. The van der Waals surface area contributed by atoms with Gasteiger partial charge in [0.25, 0.3) is 5.69 Å². The van der Waals surface area contributed by atoms with Crippen LogP contribution in [0.3, 0.4) is 0 Å². The maximum Gasteiger partial charge on any atom is 0.271 e. The van der Waals surface area contributed by atoms with Crippen molar-refractivity contribution in [2.75, 3.05) is 29.6 Å². The molecule has 0 aliphatic rings. The smallest absolute Gasteiger partial charge is 0.271 e. The third-order valence-electron chi connectivity index (χ3n) is 4.84. The topological polar surface area (TPSA) is 96.2 Å². The second kappa shape index (κ2) is 9.13. The zero-order valence-electron chi connectivity index (χ0n) is 17.7. The van der Waals surface area contributed by atoms with E-state index in [9.17, 15) is 10.1 Å². The first-order valence-corrected chi connectivity index (χ1v) is 9.97. The highest BCUT2D eigenvalue weighted by molar-refractivity contribution is 5.80. The van der Waals surface area contributed by atoms with Crippen molar-refractivity contribution in [2.45, 2.75) is 0 Å². The zero-order valence-corrected chi connectivity index (χ0v) is 17.7. The molecule has 0 saturated carbocycles. The molecule has 3 aromatic carbocycles. The summed E-state index contributed by atoms with van der Waals surface area (Å²) in [6.45, 7) is 0. The Bertz CT molecular complexity index is 1260. The van der Waals surface area contributed by atoms with Gasteiger partial charge in [-0.2, -0.15) is 0 Å². The Balaban J connectivity index is 1.62. The zero-order chi connectivity index (χ0) is 22.5. The average molecular weight is 426 g/mol. The van der Waals surface area contributed by atoms with Gasteiger partial charge in [0.1, 0.15) is 12.1 Å². The summed E-state index contributed by atoms with van der Waals surface area (Å²) in [5, 5.41) is 17.7. The monoisotopic (exact) mass is 426 g/mol. The number of anilines is 5. The van der Waals surface area contributed by atoms with Gasteiger partial charge in [0.2, 0.25) is 0 Å². The molecule has 4 rings (SSSR count). The minimum Gasteiger partial charge on any atom is -0.378 e. The van der Waals surface area contributed by atoms with Crippen molar-refractivity contribution in [1.82, 2.24) is 9.97 Å². The van der Waals surface area contributed by atoms with Crippen LogP contribution in [-0.2, 0) is 0 Å². The molecule has 8 nitrogen and oxygen atoms in total. The van der Waals surface area contributed by atoms with Crippen LogP contribution in [0.25, 0.3) is 11.3 Å². The number of para-hydroxylation sites is 1. The largest absolute Gasteiger partial charge is 0.378 e. The van der Waals surface area contributed by atoms with E-state index in [1.165, 1.54) is 18.5 Å². The van der Waals surface area contributed by atoms with Crippen molar-refractivity contribution in [3.05, 3.63) is 95.3 Å². The van der Waals surface area contributed by atoms with Crippen molar-refractivity contribution in [1.29, 1.82) is 0 Å². The quantitative estimate of drug-likeness (QED) is 0.293. The number of aromatic nitrogens is 2. The number of nitrogens with one attached hydrogen (secondary N) is 2. The lowest BCUT2D eigenvalue weighted by molar-refractivity contribution is -0.384. The average Bonchev–Trinajstić information content (AvgIpc) is 2.80. The van der Waals surface area contributed by atoms with Gasteiger partial charge in [-0.05, 0) is 30.3 Å². The maximum absolute atomic E-state index is 11.1. The molecule has 32 heavy (non-hydrogen) atoms. The van der Waals surface area contributed by atoms with Crippen molar-refractivity contribution >= 4 is 34.3 Å². The SMILES string of the molecule is CN(C)c1cccc(Nc2cc(-c3ccccc3Nc3cccc([N+](=O)[O-])c3)ncn2)c1. The maximum atomic E-state index is 11.1. The van der Waals surface area contributed by atoms with Gasteiger partial charge in [-0.15, -0.1) is 0 Å². The Kier molecular flexibility index (Phi) is 5.94. The van der Waals surface area contributed by atoms with Crippen molar-refractivity contribution < 1.29 is 4.92 Å². The number of hydrogen-bond donors (Lipinski definition) is 2. The Morgan fingerprint density at radius 1 is 0.844 bits per heavy atom. The van der Waals surface area contributed by atoms with Gasteiger partial charge < -0.3 is 15.5 Å². The minimum absolute atomic E-state index is 0.0287. The molecule has 0 spiro atoms. The normalized spacial score (nSPS) is 10.4. The summed E-state index contributed by atoms with van der Waals surface area (Å²) < 4.78 is 0. The predicted octanol–water partition coefficient (Wildman–Crippen LogP) is 5.61. The van der Waals surface area contributed by atoms with Gasteiger partial charge in [-0.3, -0.25) is 10.1 Å². The first-order chi connectivity index (χ1) is 15.5.